The summed E-state index contributed by atoms with van der Waals surface area (Å²) in [5, 5.41) is 0. The van der Waals surface area contributed by atoms with Gasteiger partial charge in [0.05, 0.1) is 7.11 Å². The number of nitrogens with two attached hydrogens (primary N) is 1. The van der Waals surface area contributed by atoms with Crippen LogP contribution in [-0.4, -0.2) is 19.0 Å². The summed E-state index contributed by atoms with van der Waals surface area (Å²) in [4.78, 5) is 1.03. The second-order valence-corrected chi connectivity index (χ2v) is 5.98. The zero-order chi connectivity index (χ0) is 14.8. The third kappa shape index (κ3) is 3.08. The number of hydrogen-bond donors (Lipinski definition) is 1. The molecule has 110 valence electrons. The van der Waals surface area contributed by atoms with Crippen molar-refractivity contribution in [3.05, 3.63) is 47.8 Å². The maximum absolute atomic E-state index is 13.2. The lowest BCUT2D eigenvalue weighted by molar-refractivity contribution is 0.259. The fourth-order valence-electron chi connectivity index (χ4n) is 2.37. The van der Waals surface area contributed by atoms with Crippen LogP contribution in [0.1, 0.15) is 5.56 Å². The molecule has 0 bridgehead atoms. The van der Waals surface area contributed by atoms with Crippen molar-refractivity contribution in [1.29, 1.82) is 0 Å². The molecule has 0 amide bonds. The maximum Gasteiger partial charge on any atom is 0.134 e. The Bertz CT molecular complexity index is 663. The van der Waals surface area contributed by atoms with Gasteiger partial charge in [0.15, 0.2) is 0 Å². The van der Waals surface area contributed by atoms with Crippen molar-refractivity contribution in [3.8, 4) is 11.5 Å². The second kappa shape index (κ2) is 5.85. The maximum atomic E-state index is 13.2. The molecule has 3 rings (SSSR count). The van der Waals surface area contributed by atoms with E-state index >= 15 is 0 Å². The molecule has 5 heteroatoms. The molecule has 1 aliphatic rings. The number of ether oxygens (including phenoxy) is 2. The quantitative estimate of drug-likeness (QED) is 0.693. The molecule has 2 aromatic carbocycles. The number of thioether (sulfide) groups is 1. The van der Waals surface area contributed by atoms with Crippen molar-refractivity contribution in [3.63, 3.8) is 0 Å². The van der Waals surface area contributed by atoms with E-state index in [1.54, 1.807) is 31.0 Å². The summed E-state index contributed by atoms with van der Waals surface area (Å²) in [6, 6.07) is 10.3. The van der Waals surface area contributed by atoms with Crippen LogP contribution in [0.15, 0.2) is 41.3 Å². The Balaban J connectivity index is 1.65. The highest BCUT2D eigenvalue weighted by Gasteiger charge is 2.23. The van der Waals surface area contributed by atoms with Crippen LogP contribution in [0.5, 0.6) is 11.5 Å². The molecule has 0 aromatic heterocycles. The summed E-state index contributed by atoms with van der Waals surface area (Å²) in [6.07, 6.45) is 0.784. The third-order valence-electron chi connectivity index (χ3n) is 3.38. The molecule has 0 radical (unpaired) electrons. The first kappa shape index (κ1) is 14.1. The van der Waals surface area contributed by atoms with Crippen LogP contribution in [0, 0.1) is 5.82 Å². The highest BCUT2D eigenvalue weighted by atomic mass is 32.2. The van der Waals surface area contributed by atoms with E-state index in [9.17, 15) is 4.39 Å². The van der Waals surface area contributed by atoms with E-state index in [1.807, 2.05) is 18.2 Å². The van der Waals surface area contributed by atoms with Gasteiger partial charge in [-0.2, -0.15) is 0 Å². The highest BCUT2D eigenvalue weighted by molar-refractivity contribution is 7.99. The summed E-state index contributed by atoms with van der Waals surface area (Å²) in [7, 11) is 1.63. The normalized spacial score (nSPS) is 16.4. The number of halogens is 1. The predicted molar refractivity (Wildman–Crippen MR) is 82.7 cm³/mol. The summed E-state index contributed by atoms with van der Waals surface area (Å²) in [5.74, 6) is 2.11. The largest absolute Gasteiger partial charge is 0.496 e. The Labute approximate surface area is 127 Å². The number of hydrogen-bond acceptors (Lipinski definition) is 4. The van der Waals surface area contributed by atoms with Crippen LogP contribution >= 0.6 is 11.8 Å². The topological polar surface area (TPSA) is 44.5 Å². The molecule has 0 saturated heterocycles. The number of anilines is 1. The van der Waals surface area contributed by atoms with Gasteiger partial charge in [-0.3, -0.25) is 0 Å². The van der Waals surface area contributed by atoms with Crippen LogP contribution in [0.25, 0.3) is 0 Å². The van der Waals surface area contributed by atoms with E-state index < -0.39 is 0 Å². The summed E-state index contributed by atoms with van der Waals surface area (Å²) in [6.45, 7) is 0. The Morgan fingerprint density at radius 2 is 2.19 bits per heavy atom. The summed E-state index contributed by atoms with van der Waals surface area (Å²) in [5.41, 5.74) is 7.36. The van der Waals surface area contributed by atoms with Crippen molar-refractivity contribution < 1.29 is 13.9 Å². The van der Waals surface area contributed by atoms with E-state index in [0.717, 1.165) is 34.1 Å². The van der Waals surface area contributed by atoms with Gasteiger partial charge in [0.25, 0.3) is 0 Å². The SMILES string of the molecule is COc1cc(N)ccc1SCC1Cc2cc(F)ccc2O1. The fraction of sp³-hybridized carbons (Fsp3) is 0.250. The minimum Gasteiger partial charge on any atom is -0.496 e. The van der Waals surface area contributed by atoms with Gasteiger partial charge < -0.3 is 15.2 Å². The molecule has 3 nitrogen and oxygen atoms in total. The number of benzene rings is 2. The average Bonchev–Trinajstić information content (AvgIpc) is 2.87. The van der Waals surface area contributed by atoms with Gasteiger partial charge in [-0.15, -0.1) is 11.8 Å². The Kier molecular flexibility index (Phi) is 3.92. The molecule has 1 unspecified atom stereocenters. The van der Waals surface area contributed by atoms with Gasteiger partial charge in [-0.25, -0.2) is 4.39 Å². The van der Waals surface area contributed by atoms with Crippen molar-refractivity contribution in [2.24, 2.45) is 0 Å². The molecule has 1 heterocycles. The van der Waals surface area contributed by atoms with Gasteiger partial charge in [0.2, 0.25) is 0 Å². The van der Waals surface area contributed by atoms with Crippen LogP contribution < -0.4 is 15.2 Å². The molecule has 1 aliphatic heterocycles. The zero-order valence-corrected chi connectivity index (χ0v) is 12.5. The standard InChI is InChI=1S/C16H16FNO2S/c1-19-15-8-12(18)3-5-16(15)21-9-13-7-10-6-11(17)2-4-14(10)20-13/h2-6,8,13H,7,9,18H2,1H3. The number of methoxy groups -OCH3 is 1. The number of nitrogen functional groups attached to an aromatic ring is 1. The van der Waals surface area contributed by atoms with E-state index in [0.29, 0.717) is 5.69 Å². The van der Waals surface area contributed by atoms with E-state index in [-0.39, 0.29) is 11.9 Å². The lowest BCUT2D eigenvalue weighted by Gasteiger charge is -2.12. The van der Waals surface area contributed by atoms with Gasteiger partial charge in [0.1, 0.15) is 23.4 Å². The van der Waals surface area contributed by atoms with Gasteiger partial charge >= 0.3 is 0 Å². The fourth-order valence-corrected chi connectivity index (χ4v) is 3.37. The molecule has 0 spiro atoms. The molecule has 0 aliphatic carbocycles. The lowest BCUT2D eigenvalue weighted by Crippen LogP contribution is -2.15. The van der Waals surface area contributed by atoms with Crippen LogP contribution in [0.3, 0.4) is 0 Å². The summed E-state index contributed by atoms with van der Waals surface area (Å²) < 4.78 is 24.3. The van der Waals surface area contributed by atoms with Crippen LogP contribution in [-0.2, 0) is 6.42 Å². The van der Waals surface area contributed by atoms with Gasteiger partial charge in [-0.05, 0) is 30.3 Å². The van der Waals surface area contributed by atoms with Crippen LogP contribution in [0.4, 0.5) is 10.1 Å². The monoisotopic (exact) mass is 305 g/mol. The zero-order valence-electron chi connectivity index (χ0n) is 11.6. The molecule has 0 saturated carbocycles. The third-order valence-corrected chi connectivity index (χ3v) is 4.56. The number of fused-ring (bicyclic) bond motifs is 1. The van der Waals surface area contributed by atoms with Crippen molar-refractivity contribution in [2.75, 3.05) is 18.6 Å². The summed E-state index contributed by atoms with van der Waals surface area (Å²) >= 11 is 1.65. The highest BCUT2D eigenvalue weighted by Crippen LogP contribution is 2.35. The first-order chi connectivity index (χ1) is 10.2. The lowest BCUT2D eigenvalue weighted by atomic mass is 10.1. The first-order valence-electron chi connectivity index (χ1n) is 6.67. The molecule has 2 aromatic rings. The van der Waals surface area contributed by atoms with Crippen molar-refractivity contribution >= 4 is 17.4 Å². The van der Waals surface area contributed by atoms with E-state index in [4.69, 9.17) is 15.2 Å². The minimum absolute atomic E-state index is 0.0501. The predicted octanol–water partition coefficient (Wildman–Crippen LogP) is 3.51. The van der Waals surface area contributed by atoms with Crippen LogP contribution in [0.2, 0.25) is 0 Å². The smallest absolute Gasteiger partial charge is 0.134 e. The molecular formula is C16H16FNO2S. The molecule has 0 fully saturated rings. The first-order valence-corrected chi connectivity index (χ1v) is 7.65. The van der Waals surface area contributed by atoms with E-state index in [1.165, 1.54) is 6.07 Å². The van der Waals surface area contributed by atoms with Crippen molar-refractivity contribution in [2.45, 2.75) is 17.4 Å². The van der Waals surface area contributed by atoms with E-state index in [2.05, 4.69) is 0 Å². The molecule has 2 N–H and O–H groups in total. The molecule has 1 atom stereocenters. The molecule has 21 heavy (non-hydrogen) atoms. The Hall–Kier alpha value is -1.88. The minimum atomic E-state index is -0.217. The number of rotatable bonds is 4. The second-order valence-electron chi connectivity index (χ2n) is 4.92. The molecular weight excluding hydrogens is 289 g/mol. The van der Waals surface area contributed by atoms with Gasteiger partial charge in [-0.1, -0.05) is 0 Å². The Morgan fingerprint density at radius 3 is 3.00 bits per heavy atom. The Morgan fingerprint density at radius 1 is 1.33 bits per heavy atom. The van der Waals surface area contributed by atoms with Crippen molar-refractivity contribution in [1.82, 2.24) is 0 Å². The van der Waals surface area contributed by atoms with Gasteiger partial charge in [0, 0.05) is 34.4 Å². The average molecular weight is 305 g/mol.